The molecule has 260 valence electrons. The van der Waals surface area contributed by atoms with Gasteiger partial charge in [-0.3, -0.25) is 0 Å². The highest BCUT2D eigenvalue weighted by atomic mass is 16.3. The molecule has 2 heterocycles. The van der Waals surface area contributed by atoms with Gasteiger partial charge in [0.15, 0.2) is 5.82 Å². The standard InChI is InChI=1S/C53H32N2O/c1-3-14-33(15-4-1)47-32-48(34-16-5-2-6-17-34)55-52(54-47)37-19-13-18-35(30-37)36-26-27-42-46(31-36)53(43-23-10-7-20-38(43)39-21-8-11-24-44(39)53)45-29-28-41-40-22-9-12-25-49(40)56-51(41)50(42)45/h1-32H. The lowest BCUT2D eigenvalue weighted by Gasteiger charge is -2.30. The maximum absolute atomic E-state index is 6.78. The van der Waals surface area contributed by atoms with Crippen molar-refractivity contribution in [3.63, 3.8) is 0 Å². The summed E-state index contributed by atoms with van der Waals surface area (Å²) in [6, 6.07) is 69.4. The van der Waals surface area contributed by atoms with Crippen LogP contribution in [-0.4, -0.2) is 9.97 Å². The van der Waals surface area contributed by atoms with Crippen LogP contribution in [0.25, 0.3) is 89.2 Å². The van der Waals surface area contributed by atoms with Gasteiger partial charge in [0, 0.05) is 33.0 Å². The Balaban J connectivity index is 1.08. The van der Waals surface area contributed by atoms with E-state index in [1.165, 1.54) is 44.5 Å². The highest BCUT2D eigenvalue weighted by molar-refractivity contribution is 6.13. The number of rotatable bonds is 4. The molecule has 0 atom stereocenters. The van der Waals surface area contributed by atoms with Crippen LogP contribution >= 0.6 is 0 Å². The van der Waals surface area contributed by atoms with E-state index in [2.05, 4.69) is 182 Å². The molecule has 0 radical (unpaired) electrons. The zero-order valence-corrected chi connectivity index (χ0v) is 30.3. The van der Waals surface area contributed by atoms with Gasteiger partial charge in [-0.05, 0) is 74.3 Å². The normalized spacial score (nSPS) is 13.1. The topological polar surface area (TPSA) is 38.9 Å². The molecule has 0 N–H and O–H groups in total. The Kier molecular flexibility index (Phi) is 6.55. The first-order valence-electron chi connectivity index (χ1n) is 19.2. The third kappa shape index (κ3) is 4.34. The summed E-state index contributed by atoms with van der Waals surface area (Å²) in [4.78, 5) is 10.3. The lowest BCUT2D eigenvalue weighted by Crippen LogP contribution is -2.25. The van der Waals surface area contributed by atoms with Gasteiger partial charge in [0.2, 0.25) is 0 Å². The van der Waals surface area contributed by atoms with Crippen molar-refractivity contribution in [3.05, 3.63) is 216 Å². The van der Waals surface area contributed by atoms with Crippen molar-refractivity contribution < 1.29 is 4.42 Å². The van der Waals surface area contributed by atoms with Gasteiger partial charge in [0.25, 0.3) is 0 Å². The maximum atomic E-state index is 6.78. The number of hydrogen-bond donors (Lipinski definition) is 0. The molecular formula is C53H32N2O. The van der Waals surface area contributed by atoms with Crippen molar-refractivity contribution in [2.45, 2.75) is 5.41 Å². The number of furan rings is 1. The molecule has 3 heteroatoms. The van der Waals surface area contributed by atoms with Gasteiger partial charge in [0.1, 0.15) is 11.2 Å². The minimum atomic E-state index is -0.504. The molecule has 1 spiro atoms. The Bertz CT molecular complexity index is 3090. The summed E-state index contributed by atoms with van der Waals surface area (Å²) in [5, 5.41) is 2.29. The molecule has 0 fully saturated rings. The predicted octanol–water partition coefficient (Wildman–Crippen LogP) is 13.4. The van der Waals surface area contributed by atoms with Crippen LogP contribution in [0.3, 0.4) is 0 Å². The zero-order valence-electron chi connectivity index (χ0n) is 30.3. The van der Waals surface area contributed by atoms with Crippen LogP contribution in [-0.2, 0) is 5.41 Å². The van der Waals surface area contributed by atoms with E-state index < -0.39 is 5.41 Å². The van der Waals surface area contributed by atoms with Crippen LogP contribution in [0.5, 0.6) is 0 Å². The third-order valence-electron chi connectivity index (χ3n) is 11.9. The van der Waals surface area contributed by atoms with Crippen molar-refractivity contribution in [2.75, 3.05) is 0 Å². The summed E-state index contributed by atoms with van der Waals surface area (Å²) >= 11 is 0. The lowest BCUT2D eigenvalue weighted by atomic mass is 9.70. The summed E-state index contributed by atoms with van der Waals surface area (Å²) < 4.78 is 6.78. The van der Waals surface area contributed by atoms with Crippen molar-refractivity contribution in [1.82, 2.24) is 9.97 Å². The van der Waals surface area contributed by atoms with Crippen molar-refractivity contribution in [1.29, 1.82) is 0 Å². The second-order valence-corrected chi connectivity index (χ2v) is 14.8. The second kappa shape index (κ2) is 11.8. The first-order chi connectivity index (χ1) is 27.8. The largest absolute Gasteiger partial charge is 0.455 e. The van der Waals surface area contributed by atoms with E-state index in [0.29, 0.717) is 5.82 Å². The molecular weight excluding hydrogens is 681 g/mol. The average Bonchev–Trinajstić information content (AvgIpc) is 3.91. The SMILES string of the molecule is c1ccc(-c2cc(-c3ccccc3)nc(-c3cccc(-c4ccc5c(c4)C4(c6ccccc6-c6ccccc64)c4ccc6c(oc7ccccc76)c4-5)c3)n2)cc1. The van der Waals surface area contributed by atoms with E-state index in [1.807, 2.05) is 12.1 Å². The van der Waals surface area contributed by atoms with Gasteiger partial charge in [-0.15, -0.1) is 0 Å². The number of hydrogen-bond acceptors (Lipinski definition) is 3. The fraction of sp³-hybridized carbons (Fsp3) is 0.0189. The minimum absolute atomic E-state index is 0.504. The summed E-state index contributed by atoms with van der Waals surface area (Å²) in [6.45, 7) is 0. The number of nitrogens with zero attached hydrogens (tertiary/aromatic N) is 2. The van der Waals surface area contributed by atoms with E-state index in [1.54, 1.807) is 0 Å². The molecule has 2 aliphatic rings. The lowest BCUT2D eigenvalue weighted by molar-refractivity contribution is 0.669. The quantitative estimate of drug-likeness (QED) is 0.182. The summed E-state index contributed by atoms with van der Waals surface area (Å²) in [6.07, 6.45) is 0. The molecule has 10 aromatic rings. The molecule has 2 aliphatic carbocycles. The van der Waals surface area contributed by atoms with Crippen LogP contribution in [0.1, 0.15) is 22.3 Å². The van der Waals surface area contributed by atoms with E-state index >= 15 is 0 Å². The second-order valence-electron chi connectivity index (χ2n) is 14.8. The Morgan fingerprint density at radius 2 is 0.946 bits per heavy atom. The van der Waals surface area contributed by atoms with E-state index in [-0.39, 0.29) is 0 Å². The first kappa shape index (κ1) is 31.0. The zero-order chi connectivity index (χ0) is 36.8. The molecule has 0 amide bonds. The summed E-state index contributed by atoms with van der Waals surface area (Å²) in [5.41, 5.74) is 18.6. The highest BCUT2D eigenvalue weighted by Gasteiger charge is 2.52. The van der Waals surface area contributed by atoms with Crippen LogP contribution in [0, 0.1) is 0 Å². The first-order valence-corrected chi connectivity index (χ1v) is 19.2. The molecule has 2 aromatic heterocycles. The van der Waals surface area contributed by atoms with Crippen molar-refractivity contribution in [3.8, 4) is 67.3 Å². The van der Waals surface area contributed by atoms with E-state index in [0.717, 1.165) is 61.1 Å². The molecule has 0 saturated carbocycles. The molecule has 0 saturated heterocycles. The molecule has 56 heavy (non-hydrogen) atoms. The van der Waals surface area contributed by atoms with Gasteiger partial charge >= 0.3 is 0 Å². The minimum Gasteiger partial charge on any atom is -0.455 e. The molecule has 0 aliphatic heterocycles. The monoisotopic (exact) mass is 712 g/mol. The number of fused-ring (bicyclic) bond motifs is 14. The van der Waals surface area contributed by atoms with Gasteiger partial charge < -0.3 is 4.42 Å². The Labute approximate surface area is 324 Å². The summed E-state index contributed by atoms with van der Waals surface area (Å²) in [5.74, 6) is 0.697. The van der Waals surface area contributed by atoms with Gasteiger partial charge in [-0.1, -0.05) is 170 Å². The van der Waals surface area contributed by atoms with Crippen LogP contribution in [0.4, 0.5) is 0 Å². The van der Waals surface area contributed by atoms with Gasteiger partial charge in [0.05, 0.1) is 16.8 Å². The molecule has 3 nitrogen and oxygen atoms in total. The Morgan fingerprint density at radius 1 is 0.357 bits per heavy atom. The van der Waals surface area contributed by atoms with Gasteiger partial charge in [-0.25, -0.2) is 9.97 Å². The fourth-order valence-corrected chi connectivity index (χ4v) is 9.51. The molecule has 12 rings (SSSR count). The van der Waals surface area contributed by atoms with Crippen LogP contribution in [0.15, 0.2) is 199 Å². The van der Waals surface area contributed by atoms with Gasteiger partial charge in [-0.2, -0.15) is 0 Å². The number of para-hydroxylation sites is 1. The molecule has 8 aromatic carbocycles. The third-order valence-corrected chi connectivity index (χ3v) is 11.9. The maximum Gasteiger partial charge on any atom is 0.160 e. The Hall–Kier alpha value is -7.36. The van der Waals surface area contributed by atoms with E-state index in [4.69, 9.17) is 14.4 Å². The van der Waals surface area contributed by atoms with Crippen molar-refractivity contribution in [2.24, 2.45) is 0 Å². The van der Waals surface area contributed by atoms with Crippen molar-refractivity contribution >= 4 is 21.9 Å². The van der Waals surface area contributed by atoms with Crippen LogP contribution < -0.4 is 0 Å². The predicted molar refractivity (Wildman–Crippen MR) is 227 cm³/mol. The molecule has 0 bridgehead atoms. The van der Waals surface area contributed by atoms with E-state index in [9.17, 15) is 0 Å². The highest BCUT2D eigenvalue weighted by Crippen LogP contribution is 2.64. The molecule has 0 unspecified atom stereocenters. The smallest absolute Gasteiger partial charge is 0.160 e. The number of aromatic nitrogens is 2. The summed E-state index contributed by atoms with van der Waals surface area (Å²) in [7, 11) is 0. The van der Waals surface area contributed by atoms with Crippen LogP contribution in [0.2, 0.25) is 0 Å². The number of benzene rings is 8. The average molecular weight is 713 g/mol. The fourth-order valence-electron chi connectivity index (χ4n) is 9.51. The Morgan fingerprint density at radius 3 is 1.66 bits per heavy atom.